The van der Waals surface area contributed by atoms with Crippen LogP contribution < -0.4 is 10.1 Å². The van der Waals surface area contributed by atoms with Crippen molar-refractivity contribution in [2.24, 2.45) is 0 Å². The summed E-state index contributed by atoms with van der Waals surface area (Å²) in [4.78, 5) is 0. The molecule has 3 aromatic carbocycles. The van der Waals surface area contributed by atoms with Crippen LogP contribution in [0.25, 0.3) is 0 Å². The van der Waals surface area contributed by atoms with E-state index < -0.39 is 0 Å². The average Bonchev–Trinajstić information content (AvgIpc) is 2.62. The van der Waals surface area contributed by atoms with Gasteiger partial charge in [0.05, 0.1) is 5.02 Å². The quantitative estimate of drug-likeness (QED) is 0.496. The highest BCUT2D eigenvalue weighted by atomic mass is 79.9. The summed E-state index contributed by atoms with van der Waals surface area (Å²) in [7, 11) is 0. The standard InChI is InChI=1S/C20H16BrClFNO/c21-15-6-8-16(9-7-15)24-12-14-4-10-17(11-5-14)25-13-18-19(22)2-1-3-20(18)23/h1-11,24H,12-13H2. The van der Waals surface area contributed by atoms with Gasteiger partial charge in [0.15, 0.2) is 0 Å². The van der Waals surface area contributed by atoms with Crippen LogP contribution in [-0.4, -0.2) is 0 Å². The van der Waals surface area contributed by atoms with Crippen molar-refractivity contribution >= 4 is 33.2 Å². The predicted octanol–water partition coefficient (Wildman–Crippen LogP) is 6.43. The Kier molecular flexibility index (Phi) is 5.95. The van der Waals surface area contributed by atoms with Crippen molar-refractivity contribution in [3.05, 3.63) is 93.2 Å². The van der Waals surface area contributed by atoms with E-state index in [1.807, 2.05) is 48.5 Å². The molecule has 128 valence electrons. The van der Waals surface area contributed by atoms with Gasteiger partial charge in [0, 0.05) is 22.3 Å². The monoisotopic (exact) mass is 419 g/mol. The third kappa shape index (κ3) is 4.97. The fourth-order valence-electron chi connectivity index (χ4n) is 2.30. The zero-order chi connectivity index (χ0) is 17.6. The summed E-state index contributed by atoms with van der Waals surface area (Å²) >= 11 is 9.42. The zero-order valence-corrected chi connectivity index (χ0v) is 15.6. The predicted molar refractivity (Wildman–Crippen MR) is 104 cm³/mol. The zero-order valence-electron chi connectivity index (χ0n) is 13.3. The molecule has 2 nitrogen and oxygen atoms in total. The lowest BCUT2D eigenvalue weighted by Gasteiger charge is -2.10. The van der Waals surface area contributed by atoms with Crippen LogP contribution in [-0.2, 0) is 13.2 Å². The lowest BCUT2D eigenvalue weighted by Crippen LogP contribution is -2.01. The normalized spacial score (nSPS) is 10.5. The van der Waals surface area contributed by atoms with Crippen LogP contribution in [0.4, 0.5) is 10.1 Å². The van der Waals surface area contributed by atoms with Crippen LogP contribution in [0.3, 0.4) is 0 Å². The average molecular weight is 421 g/mol. The summed E-state index contributed by atoms with van der Waals surface area (Å²) in [5.74, 6) is 0.314. The Bertz CT molecular complexity index is 817. The molecule has 0 radical (unpaired) electrons. The highest BCUT2D eigenvalue weighted by Crippen LogP contribution is 2.22. The van der Waals surface area contributed by atoms with Gasteiger partial charge in [0.2, 0.25) is 0 Å². The number of rotatable bonds is 6. The molecule has 0 amide bonds. The van der Waals surface area contributed by atoms with E-state index in [1.54, 1.807) is 12.1 Å². The summed E-state index contributed by atoms with van der Waals surface area (Å²) in [5, 5.41) is 3.72. The van der Waals surface area contributed by atoms with Gasteiger partial charge in [-0.25, -0.2) is 4.39 Å². The van der Waals surface area contributed by atoms with E-state index >= 15 is 0 Å². The Labute approximate surface area is 159 Å². The van der Waals surface area contributed by atoms with Gasteiger partial charge < -0.3 is 10.1 Å². The van der Waals surface area contributed by atoms with Crippen LogP contribution in [0.5, 0.6) is 5.75 Å². The number of hydrogen-bond donors (Lipinski definition) is 1. The maximum atomic E-state index is 13.7. The van der Waals surface area contributed by atoms with Gasteiger partial charge in [-0.3, -0.25) is 0 Å². The van der Waals surface area contributed by atoms with Gasteiger partial charge in [-0.1, -0.05) is 45.7 Å². The Morgan fingerprint density at radius 1 is 0.960 bits per heavy atom. The van der Waals surface area contributed by atoms with Crippen LogP contribution in [0.1, 0.15) is 11.1 Å². The van der Waals surface area contributed by atoms with Crippen molar-refractivity contribution in [2.45, 2.75) is 13.2 Å². The van der Waals surface area contributed by atoms with Crippen LogP contribution in [0, 0.1) is 5.82 Å². The Morgan fingerprint density at radius 3 is 2.36 bits per heavy atom. The molecule has 0 saturated heterocycles. The molecule has 3 aromatic rings. The third-order valence-electron chi connectivity index (χ3n) is 3.71. The lowest BCUT2D eigenvalue weighted by atomic mass is 10.2. The van der Waals surface area contributed by atoms with Crippen molar-refractivity contribution < 1.29 is 9.13 Å². The fraction of sp³-hybridized carbons (Fsp3) is 0.100. The van der Waals surface area contributed by atoms with Crippen LogP contribution in [0.15, 0.2) is 71.2 Å². The van der Waals surface area contributed by atoms with E-state index in [1.165, 1.54) is 6.07 Å². The molecule has 0 unspecified atom stereocenters. The largest absolute Gasteiger partial charge is 0.489 e. The maximum absolute atomic E-state index is 13.7. The Morgan fingerprint density at radius 2 is 1.68 bits per heavy atom. The van der Waals surface area contributed by atoms with Gasteiger partial charge in [0.25, 0.3) is 0 Å². The van der Waals surface area contributed by atoms with Crippen molar-refractivity contribution in [1.82, 2.24) is 0 Å². The summed E-state index contributed by atoms with van der Waals surface area (Å²) < 4.78 is 20.4. The fourth-order valence-corrected chi connectivity index (χ4v) is 2.78. The summed E-state index contributed by atoms with van der Waals surface area (Å²) in [6.45, 7) is 0.809. The minimum Gasteiger partial charge on any atom is -0.489 e. The molecule has 0 fully saturated rings. The minimum absolute atomic E-state index is 0.0992. The van der Waals surface area contributed by atoms with E-state index in [0.717, 1.165) is 15.7 Å². The molecule has 1 N–H and O–H groups in total. The number of nitrogens with one attached hydrogen (secondary N) is 1. The molecule has 3 rings (SSSR count). The van der Waals surface area contributed by atoms with Crippen molar-refractivity contribution in [1.29, 1.82) is 0 Å². The van der Waals surface area contributed by atoms with Crippen molar-refractivity contribution in [2.75, 3.05) is 5.32 Å². The number of ether oxygens (including phenoxy) is 1. The van der Waals surface area contributed by atoms with Gasteiger partial charge in [-0.05, 0) is 54.1 Å². The highest BCUT2D eigenvalue weighted by Gasteiger charge is 2.07. The second kappa shape index (κ2) is 8.37. The number of benzene rings is 3. The molecule has 25 heavy (non-hydrogen) atoms. The molecule has 0 atom stereocenters. The SMILES string of the molecule is Fc1cccc(Cl)c1COc1ccc(CNc2ccc(Br)cc2)cc1. The number of halogens is 3. The van der Waals surface area contributed by atoms with E-state index in [2.05, 4.69) is 21.2 Å². The highest BCUT2D eigenvalue weighted by molar-refractivity contribution is 9.10. The van der Waals surface area contributed by atoms with E-state index in [-0.39, 0.29) is 12.4 Å². The Hall–Kier alpha value is -2.04. The van der Waals surface area contributed by atoms with Crippen LogP contribution >= 0.6 is 27.5 Å². The number of anilines is 1. The molecule has 5 heteroatoms. The Balaban J connectivity index is 1.56. The molecule has 0 bridgehead atoms. The molecule has 0 spiro atoms. The summed E-state index contributed by atoms with van der Waals surface area (Å²) in [6, 6.07) is 20.3. The molecule has 0 saturated carbocycles. The summed E-state index contributed by atoms with van der Waals surface area (Å²) in [5.41, 5.74) is 2.54. The second-order valence-corrected chi connectivity index (χ2v) is 6.82. The molecule has 0 aliphatic rings. The first-order valence-corrected chi connectivity index (χ1v) is 8.93. The van der Waals surface area contributed by atoms with Crippen LogP contribution in [0.2, 0.25) is 5.02 Å². The van der Waals surface area contributed by atoms with Gasteiger partial charge >= 0.3 is 0 Å². The van der Waals surface area contributed by atoms with E-state index in [0.29, 0.717) is 22.9 Å². The molecule has 0 aliphatic heterocycles. The molecule has 0 heterocycles. The van der Waals surface area contributed by atoms with Crippen molar-refractivity contribution in [3.63, 3.8) is 0 Å². The van der Waals surface area contributed by atoms with E-state index in [9.17, 15) is 4.39 Å². The third-order valence-corrected chi connectivity index (χ3v) is 4.59. The van der Waals surface area contributed by atoms with Gasteiger partial charge in [-0.2, -0.15) is 0 Å². The first-order valence-electron chi connectivity index (χ1n) is 7.76. The molecule has 0 aliphatic carbocycles. The van der Waals surface area contributed by atoms with Gasteiger partial charge in [-0.15, -0.1) is 0 Å². The second-order valence-electron chi connectivity index (χ2n) is 5.49. The smallest absolute Gasteiger partial charge is 0.131 e. The molecular formula is C20H16BrClFNO. The first kappa shape index (κ1) is 17.8. The minimum atomic E-state index is -0.359. The first-order chi connectivity index (χ1) is 12.1. The lowest BCUT2D eigenvalue weighted by molar-refractivity contribution is 0.300. The van der Waals surface area contributed by atoms with E-state index in [4.69, 9.17) is 16.3 Å². The molecular weight excluding hydrogens is 405 g/mol. The summed E-state index contributed by atoms with van der Waals surface area (Å²) in [6.07, 6.45) is 0. The van der Waals surface area contributed by atoms with Gasteiger partial charge in [0.1, 0.15) is 18.2 Å². The number of hydrogen-bond acceptors (Lipinski definition) is 2. The molecule has 0 aromatic heterocycles. The topological polar surface area (TPSA) is 21.3 Å². The van der Waals surface area contributed by atoms with Crippen molar-refractivity contribution in [3.8, 4) is 5.75 Å². The maximum Gasteiger partial charge on any atom is 0.131 e.